The first-order valence-corrected chi connectivity index (χ1v) is 5.79. The highest BCUT2D eigenvalue weighted by Crippen LogP contribution is 2.35. The number of carbonyl (C=O) groups excluding carboxylic acids is 1. The Morgan fingerprint density at radius 2 is 1.90 bits per heavy atom. The van der Waals surface area contributed by atoms with E-state index in [0.29, 0.717) is 0 Å². The van der Waals surface area contributed by atoms with Gasteiger partial charge in [0.2, 0.25) is 0 Å². The molecule has 0 N–H and O–H groups in total. The van der Waals surface area contributed by atoms with E-state index >= 15 is 0 Å². The van der Waals surface area contributed by atoms with Crippen LogP contribution in [0.3, 0.4) is 0 Å². The van der Waals surface area contributed by atoms with E-state index in [1.165, 1.54) is 36.2 Å². The molecule has 0 unspecified atom stereocenters. The summed E-state index contributed by atoms with van der Waals surface area (Å²) >= 11 is 0. The van der Waals surface area contributed by atoms with E-state index in [1.54, 1.807) is 7.05 Å². The summed E-state index contributed by atoms with van der Waals surface area (Å²) in [4.78, 5) is 11.7. The van der Waals surface area contributed by atoms with E-state index in [2.05, 4.69) is 14.6 Å². The van der Waals surface area contributed by atoms with E-state index in [1.807, 2.05) is 0 Å². The molecule has 1 aromatic heterocycles. The normalized spacial score (nSPS) is 11.3. The minimum Gasteiger partial charge on any atom is -0.464 e. The zero-order chi connectivity index (χ0) is 15.6. The van der Waals surface area contributed by atoms with Crippen LogP contribution < -0.4 is 4.74 Å². The molecule has 21 heavy (non-hydrogen) atoms. The van der Waals surface area contributed by atoms with Gasteiger partial charge in [-0.25, -0.2) is 4.79 Å². The summed E-state index contributed by atoms with van der Waals surface area (Å²) in [5.41, 5.74) is 0.214. The molecule has 2 rings (SSSR count). The summed E-state index contributed by atoms with van der Waals surface area (Å²) in [6.07, 6.45) is -3.41. The minimum atomic E-state index is -4.83. The number of hydrogen-bond acceptors (Lipinski definition) is 4. The van der Waals surface area contributed by atoms with Gasteiger partial charge in [0.05, 0.1) is 7.11 Å². The van der Waals surface area contributed by atoms with Gasteiger partial charge in [-0.1, -0.05) is 18.2 Å². The molecule has 5 nitrogen and oxygen atoms in total. The van der Waals surface area contributed by atoms with Crippen molar-refractivity contribution in [3.8, 4) is 16.9 Å². The third kappa shape index (κ3) is 3.33. The van der Waals surface area contributed by atoms with Gasteiger partial charge in [0, 0.05) is 24.4 Å². The molecule has 0 spiro atoms. The molecule has 0 atom stereocenters. The maximum absolute atomic E-state index is 12.4. The number of halogens is 3. The van der Waals surface area contributed by atoms with Crippen LogP contribution in [0.4, 0.5) is 13.2 Å². The van der Waals surface area contributed by atoms with E-state index in [0.717, 1.165) is 6.07 Å². The lowest BCUT2D eigenvalue weighted by Crippen LogP contribution is -2.17. The van der Waals surface area contributed by atoms with Crippen LogP contribution in [0, 0.1) is 0 Å². The molecule has 0 fully saturated rings. The fourth-order valence-electron chi connectivity index (χ4n) is 1.84. The van der Waals surface area contributed by atoms with Crippen LogP contribution in [0.5, 0.6) is 5.75 Å². The Morgan fingerprint density at radius 1 is 1.24 bits per heavy atom. The van der Waals surface area contributed by atoms with Gasteiger partial charge in [-0.2, -0.15) is 5.10 Å². The Labute approximate surface area is 117 Å². The first-order valence-electron chi connectivity index (χ1n) is 5.79. The zero-order valence-electron chi connectivity index (χ0n) is 11.1. The Balaban J connectivity index is 2.55. The fourth-order valence-corrected chi connectivity index (χ4v) is 1.84. The van der Waals surface area contributed by atoms with Gasteiger partial charge in [-0.15, -0.1) is 13.2 Å². The van der Waals surface area contributed by atoms with Crippen molar-refractivity contribution in [2.45, 2.75) is 6.36 Å². The Morgan fingerprint density at radius 3 is 2.52 bits per heavy atom. The molecule has 0 aliphatic rings. The van der Waals surface area contributed by atoms with Crippen molar-refractivity contribution >= 4 is 5.97 Å². The smallest absolute Gasteiger partial charge is 0.464 e. The first kappa shape index (κ1) is 14.9. The van der Waals surface area contributed by atoms with E-state index in [9.17, 15) is 18.0 Å². The lowest BCUT2D eigenvalue weighted by Gasteiger charge is -2.12. The monoisotopic (exact) mass is 300 g/mol. The van der Waals surface area contributed by atoms with Gasteiger partial charge in [0.1, 0.15) is 5.75 Å². The number of esters is 1. The number of hydrogen-bond donors (Lipinski definition) is 0. The van der Waals surface area contributed by atoms with Gasteiger partial charge in [-0.3, -0.25) is 4.68 Å². The molecule has 0 aliphatic heterocycles. The quantitative estimate of drug-likeness (QED) is 0.818. The topological polar surface area (TPSA) is 53.3 Å². The Bertz CT molecular complexity index is 665. The predicted molar refractivity (Wildman–Crippen MR) is 66.7 cm³/mol. The number of para-hydroxylation sites is 1. The lowest BCUT2D eigenvalue weighted by molar-refractivity contribution is -0.274. The van der Waals surface area contributed by atoms with E-state index in [-0.39, 0.29) is 16.8 Å². The van der Waals surface area contributed by atoms with Crippen molar-refractivity contribution in [2.24, 2.45) is 7.05 Å². The summed E-state index contributed by atoms with van der Waals surface area (Å²) < 4.78 is 47.2. The molecule has 0 saturated carbocycles. The highest BCUT2D eigenvalue weighted by molar-refractivity contribution is 5.96. The number of aryl methyl sites for hydroxylation is 1. The SMILES string of the molecule is COC(=O)c1nn(C)cc1-c1ccccc1OC(F)(F)F. The number of carbonyl (C=O) groups is 1. The summed E-state index contributed by atoms with van der Waals surface area (Å²) in [6, 6.07) is 5.51. The highest BCUT2D eigenvalue weighted by Gasteiger charge is 2.33. The number of aromatic nitrogens is 2. The number of nitrogens with zero attached hydrogens (tertiary/aromatic N) is 2. The number of rotatable bonds is 3. The molecule has 0 aliphatic carbocycles. The molecular formula is C13H11F3N2O3. The van der Waals surface area contributed by atoms with Crippen molar-refractivity contribution in [3.63, 3.8) is 0 Å². The molecule has 112 valence electrons. The standard InChI is InChI=1S/C13H11F3N2O3/c1-18-7-9(11(17-18)12(19)20-2)8-5-3-4-6-10(8)21-13(14,15)16/h3-7H,1-2H3. The zero-order valence-corrected chi connectivity index (χ0v) is 11.1. The number of benzene rings is 1. The molecule has 1 heterocycles. The summed E-state index contributed by atoms with van der Waals surface area (Å²) in [7, 11) is 2.71. The van der Waals surface area contributed by atoms with Crippen LogP contribution in [-0.4, -0.2) is 29.2 Å². The van der Waals surface area contributed by atoms with Crippen LogP contribution in [0.15, 0.2) is 30.5 Å². The van der Waals surface area contributed by atoms with Gasteiger partial charge in [0.25, 0.3) is 0 Å². The molecule has 0 amide bonds. The summed E-state index contributed by atoms with van der Waals surface area (Å²) in [5, 5.41) is 3.90. The van der Waals surface area contributed by atoms with Gasteiger partial charge in [-0.05, 0) is 6.07 Å². The maximum Gasteiger partial charge on any atom is 0.573 e. The van der Waals surface area contributed by atoms with Crippen molar-refractivity contribution in [1.29, 1.82) is 0 Å². The second kappa shape index (κ2) is 5.47. The Kier molecular flexibility index (Phi) is 3.88. The van der Waals surface area contributed by atoms with Crippen molar-refractivity contribution in [3.05, 3.63) is 36.2 Å². The summed E-state index contributed by atoms with van der Waals surface area (Å²) in [6.45, 7) is 0. The van der Waals surface area contributed by atoms with Crippen molar-refractivity contribution in [2.75, 3.05) is 7.11 Å². The van der Waals surface area contributed by atoms with Crippen molar-refractivity contribution in [1.82, 2.24) is 9.78 Å². The molecule has 2 aromatic rings. The maximum atomic E-state index is 12.4. The second-order valence-electron chi connectivity index (χ2n) is 4.10. The number of methoxy groups -OCH3 is 1. The highest BCUT2D eigenvalue weighted by atomic mass is 19.4. The van der Waals surface area contributed by atoms with Crippen LogP contribution in [0.25, 0.3) is 11.1 Å². The largest absolute Gasteiger partial charge is 0.573 e. The molecular weight excluding hydrogens is 289 g/mol. The number of alkyl halides is 3. The van der Waals surface area contributed by atoms with E-state index < -0.39 is 18.1 Å². The third-order valence-electron chi connectivity index (χ3n) is 2.61. The fraction of sp³-hybridized carbons (Fsp3) is 0.231. The third-order valence-corrected chi connectivity index (χ3v) is 2.61. The van der Waals surface area contributed by atoms with Gasteiger partial charge < -0.3 is 9.47 Å². The van der Waals surface area contributed by atoms with Crippen LogP contribution >= 0.6 is 0 Å². The molecule has 1 aromatic carbocycles. The van der Waals surface area contributed by atoms with Gasteiger partial charge in [0.15, 0.2) is 5.69 Å². The van der Waals surface area contributed by atoms with Gasteiger partial charge >= 0.3 is 12.3 Å². The van der Waals surface area contributed by atoms with Crippen molar-refractivity contribution < 1.29 is 27.4 Å². The molecule has 0 saturated heterocycles. The molecule has 0 radical (unpaired) electrons. The average molecular weight is 300 g/mol. The second-order valence-corrected chi connectivity index (χ2v) is 4.10. The minimum absolute atomic E-state index is 0.0850. The molecule has 8 heteroatoms. The predicted octanol–water partition coefficient (Wildman–Crippen LogP) is 2.77. The van der Waals surface area contributed by atoms with E-state index in [4.69, 9.17) is 0 Å². The van der Waals surface area contributed by atoms with Crippen LogP contribution in [0.2, 0.25) is 0 Å². The summed E-state index contributed by atoms with van der Waals surface area (Å²) in [5.74, 6) is -1.16. The number of ether oxygens (including phenoxy) is 2. The average Bonchev–Trinajstić information content (AvgIpc) is 2.78. The molecule has 0 bridgehead atoms. The van der Waals surface area contributed by atoms with Crippen LogP contribution in [-0.2, 0) is 11.8 Å². The first-order chi connectivity index (χ1) is 9.81. The van der Waals surface area contributed by atoms with Crippen LogP contribution in [0.1, 0.15) is 10.5 Å². The lowest BCUT2D eigenvalue weighted by atomic mass is 10.1. The Hall–Kier alpha value is -2.51.